The molecule has 0 aliphatic carbocycles. The summed E-state index contributed by atoms with van der Waals surface area (Å²) in [7, 11) is 3.24. The number of aromatic nitrogens is 2. The summed E-state index contributed by atoms with van der Waals surface area (Å²) in [5, 5.41) is 18.7. The van der Waals surface area contributed by atoms with Crippen LogP contribution in [0, 0.1) is 10.1 Å². The normalized spacial score (nSPS) is 13.1. The van der Waals surface area contributed by atoms with Crippen molar-refractivity contribution in [3.63, 3.8) is 0 Å². The molecule has 4 aromatic carbocycles. The van der Waals surface area contributed by atoms with Gasteiger partial charge in [0.25, 0.3) is 17.5 Å². The van der Waals surface area contributed by atoms with Crippen LogP contribution in [-0.4, -0.2) is 40.9 Å². The Hall–Kier alpha value is -6.30. The molecule has 0 unspecified atom stereocenters. The third-order valence-corrected chi connectivity index (χ3v) is 8.38. The van der Waals surface area contributed by atoms with Gasteiger partial charge in [-0.25, -0.2) is 0 Å². The maximum atomic E-state index is 12.2. The van der Waals surface area contributed by atoms with E-state index in [1.54, 1.807) is 20.3 Å². The van der Waals surface area contributed by atoms with Crippen molar-refractivity contribution >= 4 is 45.0 Å². The lowest BCUT2D eigenvalue weighted by molar-refractivity contribution is -0.385. The van der Waals surface area contributed by atoms with Crippen molar-refractivity contribution in [3.8, 4) is 34.0 Å². The summed E-state index contributed by atoms with van der Waals surface area (Å²) < 4.78 is 10.5. The summed E-state index contributed by atoms with van der Waals surface area (Å²) in [4.78, 5) is 41.6. The second kappa shape index (κ2) is 11.0. The number of anilines is 1. The number of nitrogen functional groups attached to an aromatic ring is 1. The lowest BCUT2D eigenvalue weighted by atomic mass is 9.99. The van der Waals surface area contributed by atoms with Crippen LogP contribution in [0.25, 0.3) is 44.3 Å². The van der Waals surface area contributed by atoms with Gasteiger partial charge in [0.1, 0.15) is 11.5 Å². The maximum absolute atomic E-state index is 12.2. The molecule has 0 saturated carbocycles. The van der Waals surface area contributed by atoms with Crippen LogP contribution < -0.4 is 25.8 Å². The van der Waals surface area contributed by atoms with Gasteiger partial charge in [-0.15, -0.1) is 0 Å². The Balaban J connectivity index is 0.000000147. The number of nitro groups is 1. The third-order valence-electron chi connectivity index (χ3n) is 8.38. The number of hydrogen-bond acceptors (Lipinski definition) is 7. The highest BCUT2D eigenvalue weighted by atomic mass is 16.6. The fourth-order valence-electron chi connectivity index (χ4n) is 6.09. The minimum atomic E-state index is -0.459. The first-order valence-corrected chi connectivity index (χ1v) is 14.4. The summed E-state index contributed by atoms with van der Waals surface area (Å²) in [5.74, 6) is 1.17. The Kier molecular flexibility index (Phi) is 6.81. The van der Waals surface area contributed by atoms with Crippen LogP contribution in [-0.2, 0) is 13.1 Å². The van der Waals surface area contributed by atoms with E-state index in [9.17, 15) is 19.7 Å². The summed E-state index contributed by atoms with van der Waals surface area (Å²) >= 11 is 0. The van der Waals surface area contributed by atoms with Crippen molar-refractivity contribution in [1.29, 1.82) is 0 Å². The highest BCUT2D eigenvalue weighted by Gasteiger charge is 2.31. The van der Waals surface area contributed by atoms with E-state index in [-0.39, 0.29) is 24.0 Å². The van der Waals surface area contributed by atoms with Gasteiger partial charge >= 0.3 is 0 Å². The minimum Gasteiger partial charge on any atom is -0.497 e. The zero-order valence-electron chi connectivity index (χ0n) is 24.8. The topological polar surface area (TPSA) is 177 Å². The van der Waals surface area contributed by atoms with Crippen LogP contribution in [0.1, 0.15) is 31.8 Å². The van der Waals surface area contributed by atoms with Gasteiger partial charge in [-0.05, 0) is 60.7 Å². The van der Waals surface area contributed by atoms with E-state index in [0.717, 1.165) is 55.8 Å². The number of rotatable bonds is 5. The molecular weight excluding hydrogens is 588 g/mol. The van der Waals surface area contributed by atoms with Gasteiger partial charge in [-0.1, -0.05) is 6.07 Å². The zero-order valence-corrected chi connectivity index (χ0v) is 24.8. The number of carbonyl (C=O) groups is 2. The standard InChI is InChI=1S/C17H13N3O4.C17H15N3O2/c1-24-10-2-4-13-9(6-10)7-14(19-13)11-3-5-15(20(22)23)12-8-18-17(21)16(11)12;1-22-10-2-5-14-9(6-10)7-15(20-14)11-3-4-13(18)12-8-19-17(21)16(11)12/h2-7,19H,8H2,1H3,(H,18,21);2-7,20H,8,18H2,1H3,(H,19,21). The molecule has 0 bridgehead atoms. The molecule has 2 amide bonds. The number of methoxy groups -OCH3 is 2. The predicted octanol–water partition coefficient (Wildman–Crippen LogP) is 5.66. The lowest BCUT2D eigenvalue weighted by Gasteiger charge is -2.07. The monoisotopic (exact) mass is 616 g/mol. The van der Waals surface area contributed by atoms with Crippen LogP contribution in [0.4, 0.5) is 11.4 Å². The summed E-state index contributed by atoms with van der Waals surface area (Å²) in [5.41, 5.74) is 14.0. The van der Waals surface area contributed by atoms with Crippen LogP contribution >= 0.6 is 0 Å². The van der Waals surface area contributed by atoms with Gasteiger partial charge in [-0.3, -0.25) is 19.7 Å². The zero-order chi connectivity index (χ0) is 32.1. The van der Waals surface area contributed by atoms with E-state index in [2.05, 4.69) is 20.6 Å². The molecule has 2 aliphatic heterocycles. The first kappa shape index (κ1) is 28.5. The molecule has 0 saturated heterocycles. The van der Waals surface area contributed by atoms with E-state index < -0.39 is 4.92 Å². The number of carbonyl (C=O) groups excluding carboxylic acids is 2. The molecule has 6 aromatic rings. The largest absolute Gasteiger partial charge is 0.497 e. The van der Waals surface area contributed by atoms with Gasteiger partial charge in [0.15, 0.2) is 0 Å². The number of benzene rings is 4. The van der Waals surface area contributed by atoms with Gasteiger partial charge in [0, 0.05) is 68.2 Å². The molecule has 8 rings (SSSR count). The fraction of sp³-hybridized carbons (Fsp3) is 0.118. The minimum absolute atomic E-state index is 0.0371. The van der Waals surface area contributed by atoms with Gasteiger partial charge < -0.3 is 35.8 Å². The van der Waals surface area contributed by atoms with Crippen molar-refractivity contribution < 1.29 is 24.0 Å². The Morgan fingerprint density at radius 3 is 1.72 bits per heavy atom. The van der Waals surface area contributed by atoms with Crippen molar-refractivity contribution in [2.45, 2.75) is 13.1 Å². The lowest BCUT2D eigenvalue weighted by Crippen LogP contribution is -2.13. The number of nitrogens with zero attached hydrogens (tertiary/aromatic N) is 1. The predicted molar refractivity (Wildman–Crippen MR) is 174 cm³/mol. The second-order valence-electron chi connectivity index (χ2n) is 10.9. The Morgan fingerprint density at radius 2 is 1.20 bits per heavy atom. The molecule has 2 aliphatic rings. The number of ether oxygens (including phenoxy) is 2. The molecule has 12 nitrogen and oxygen atoms in total. The molecular formula is C34H28N6O6. The average Bonchev–Trinajstić information content (AvgIpc) is 3.86. The molecule has 0 fully saturated rings. The number of H-pyrrole nitrogens is 2. The van der Waals surface area contributed by atoms with Gasteiger partial charge in [0.2, 0.25) is 0 Å². The van der Waals surface area contributed by atoms with Gasteiger partial charge in [0.05, 0.1) is 42.4 Å². The van der Waals surface area contributed by atoms with Crippen LogP contribution in [0.3, 0.4) is 0 Å². The summed E-state index contributed by atoms with van der Waals surface area (Å²) in [6.07, 6.45) is 0. The van der Waals surface area contributed by atoms with Crippen LogP contribution in [0.15, 0.2) is 72.8 Å². The Bertz CT molecular complexity index is 2230. The fourth-order valence-corrected chi connectivity index (χ4v) is 6.09. The smallest absolute Gasteiger partial charge is 0.275 e. The number of nitro benzene ring substituents is 1. The van der Waals surface area contributed by atoms with Crippen molar-refractivity contribution in [2.24, 2.45) is 0 Å². The van der Waals surface area contributed by atoms with Crippen LogP contribution in [0.5, 0.6) is 11.5 Å². The molecule has 2 aromatic heterocycles. The number of amides is 2. The number of nitrogens with one attached hydrogen (secondary N) is 4. The molecule has 0 radical (unpaired) electrons. The van der Waals surface area contributed by atoms with E-state index in [4.69, 9.17) is 15.2 Å². The third kappa shape index (κ3) is 4.72. The van der Waals surface area contributed by atoms with E-state index in [0.29, 0.717) is 34.5 Å². The van der Waals surface area contributed by atoms with E-state index in [1.165, 1.54) is 6.07 Å². The van der Waals surface area contributed by atoms with E-state index in [1.807, 2.05) is 60.7 Å². The highest BCUT2D eigenvalue weighted by molar-refractivity contribution is 6.07. The molecule has 0 spiro atoms. The molecule has 4 heterocycles. The highest BCUT2D eigenvalue weighted by Crippen LogP contribution is 2.37. The first-order valence-electron chi connectivity index (χ1n) is 14.4. The number of fused-ring (bicyclic) bond motifs is 4. The number of hydrogen-bond donors (Lipinski definition) is 5. The summed E-state index contributed by atoms with van der Waals surface area (Å²) in [6.45, 7) is 0.661. The Labute approximate surface area is 261 Å². The molecule has 6 N–H and O–H groups in total. The van der Waals surface area contributed by atoms with Crippen molar-refractivity contribution in [2.75, 3.05) is 20.0 Å². The first-order chi connectivity index (χ1) is 22.2. The molecule has 12 heteroatoms. The van der Waals surface area contributed by atoms with Crippen molar-refractivity contribution in [3.05, 3.63) is 105 Å². The Morgan fingerprint density at radius 1 is 0.696 bits per heavy atom. The molecule has 230 valence electrons. The van der Waals surface area contributed by atoms with E-state index >= 15 is 0 Å². The maximum Gasteiger partial charge on any atom is 0.275 e. The number of aromatic amines is 2. The summed E-state index contributed by atoms with van der Waals surface area (Å²) in [6, 6.07) is 22.2. The number of nitrogens with two attached hydrogens (primary N) is 1. The molecule has 46 heavy (non-hydrogen) atoms. The average molecular weight is 617 g/mol. The quantitative estimate of drug-likeness (QED) is 0.0942. The second-order valence-corrected chi connectivity index (χ2v) is 10.9. The van der Waals surface area contributed by atoms with Crippen LogP contribution in [0.2, 0.25) is 0 Å². The molecule has 0 atom stereocenters. The SMILES string of the molecule is COc1ccc2[nH]c(-c3ccc(N)c4c3C(=O)NC4)cc2c1.COc1ccc2[nH]c(-c3ccc([N+](=O)[O-])c4c3C(=O)NC4)cc2c1. The van der Waals surface area contributed by atoms with Gasteiger partial charge in [-0.2, -0.15) is 0 Å². The van der Waals surface area contributed by atoms with Crippen molar-refractivity contribution in [1.82, 2.24) is 20.6 Å².